The van der Waals surface area contributed by atoms with Crippen molar-refractivity contribution in [2.75, 3.05) is 7.11 Å². The van der Waals surface area contributed by atoms with Gasteiger partial charge in [0, 0.05) is 16.5 Å². The molecule has 3 aromatic carbocycles. The maximum atomic E-state index is 12.9. The van der Waals surface area contributed by atoms with Crippen LogP contribution in [0.25, 0.3) is 33.3 Å². The van der Waals surface area contributed by atoms with Crippen molar-refractivity contribution in [3.63, 3.8) is 0 Å². The van der Waals surface area contributed by atoms with Crippen molar-refractivity contribution in [1.29, 1.82) is 0 Å². The molecule has 0 amide bonds. The maximum absolute atomic E-state index is 12.9. The summed E-state index contributed by atoms with van der Waals surface area (Å²) in [5, 5.41) is 1.01. The van der Waals surface area contributed by atoms with Gasteiger partial charge in [-0.15, -0.1) is 0 Å². The van der Waals surface area contributed by atoms with Gasteiger partial charge in [0.2, 0.25) is 0 Å². The van der Waals surface area contributed by atoms with Crippen LogP contribution in [0.15, 0.2) is 72.8 Å². The van der Waals surface area contributed by atoms with Crippen LogP contribution in [0.1, 0.15) is 5.56 Å². The first-order valence-electron chi connectivity index (χ1n) is 8.40. The van der Waals surface area contributed by atoms with E-state index in [0.29, 0.717) is 5.56 Å². The van der Waals surface area contributed by atoms with Crippen LogP contribution in [0.3, 0.4) is 0 Å². The largest absolute Gasteiger partial charge is 0.497 e. The number of aromatic nitrogens is 1. The molecular weight excluding hydrogens is 351 g/mol. The molecular formula is C22H16F3NO. The molecule has 0 radical (unpaired) electrons. The predicted molar refractivity (Wildman–Crippen MR) is 101 cm³/mol. The van der Waals surface area contributed by atoms with Gasteiger partial charge in [-0.3, -0.25) is 0 Å². The van der Waals surface area contributed by atoms with Crippen molar-refractivity contribution in [1.82, 2.24) is 4.98 Å². The normalized spacial score (nSPS) is 11.7. The van der Waals surface area contributed by atoms with Crippen molar-refractivity contribution >= 4 is 10.9 Å². The first kappa shape index (κ1) is 17.2. The molecule has 2 nitrogen and oxygen atoms in total. The van der Waals surface area contributed by atoms with E-state index in [1.54, 1.807) is 7.11 Å². The summed E-state index contributed by atoms with van der Waals surface area (Å²) in [5.41, 5.74) is 3.67. The van der Waals surface area contributed by atoms with E-state index in [0.717, 1.165) is 45.6 Å². The molecule has 0 saturated heterocycles. The third-order valence-electron chi connectivity index (χ3n) is 4.59. The number of fused-ring (bicyclic) bond motifs is 1. The molecule has 136 valence electrons. The zero-order chi connectivity index (χ0) is 19.0. The lowest BCUT2D eigenvalue weighted by Gasteiger charge is -2.09. The smallest absolute Gasteiger partial charge is 0.416 e. The van der Waals surface area contributed by atoms with Crippen molar-refractivity contribution < 1.29 is 17.9 Å². The number of rotatable bonds is 3. The molecule has 1 aromatic heterocycles. The van der Waals surface area contributed by atoms with E-state index >= 15 is 0 Å². The predicted octanol–water partition coefficient (Wildman–Crippen LogP) is 6.53. The minimum atomic E-state index is -4.35. The molecule has 0 bridgehead atoms. The minimum Gasteiger partial charge on any atom is -0.497 e. The SMILES string of the molecule is COc1ccc(-c2c(-c3ccc(C(F)(F)F)cc3)[nH]c3ccccc23)cc1. The number of hydrogen-bond donors (Lipinski definition) is 1. The molecule has 5 heteroatoms. The van der Waals surface area contributed by atoms with E-state index in [9.17, 15) is 13.2 Å². The highest BCUT2D eigenvalue weighted by Gasteiger charge is 2.30. The van der Waals surface area contributed by atoms with Crippen molar-refractivity contribution in [2.45, 2.75) is 6.18 Å². The number of alkyl halides is 3. The number of methoxy groups -OCH3 is 1. The molecule has 0 saturated carbocycles. The fraction of sp³-hybridized carbons (Fsp3) is 0.0909. The molecule has 0 fully saturated rings. The van der Waals surface area contributed by atoms with Crippen LogP contribution < -0.4 is 4.74 Å². The Bertz CT molecular complexity index is 1080. The summed E-state index contributed by atoms with van der Waals surface area (Å²) >= 11 is 0. The maximum Gasteiger partial charge on any atom is 0.416 e. The van der Waals surface area contributed by atoms with E-state index in [-0.39, 0.29) is 0 Å². The minimum absolute atomic E-state index is 0.659. The second-order valence-electron chi connectivity index (χ2n) is 6.22. The third kappa shape index (κ3) is 3.16. The fourth-order valence-electron chi connectivity index (χ4n) is 3.24. The number of halogens is 3. The summed E-state index contributed by atoms with van der Waals surface area (Å²) in [6.07, 6.45) is -4.35. The van der Waals surface area contributed by atoms with Gasteiger partial charge in [-0.05, 0) is 41.5 Å². The van der Waals surface area contributed by atoms with Crippen molar-refractivity contribution in [2.24, 2.45) is 0 Å². The van der Waals surface area contributed by atoms with Crippen LogP contribution in [0.5, 0.6) is 5.75 Å². The molecule has 4 aromatic rings. The van der Waals surface area contributed by atoms with E-state index in [1.165, 1.54) is 12.1 Å². The number of para-hydroxylation sites is 1. The lowest BCUT2D eigenvalue weighted by molar-refractivity contribution is -0.137. The highest BCUT2D eigenvalue weighted by molar-refractivity contribution is 6.03. The van der Waals surface area contributed by atoms with Crippen molar-refractivity contribution in [3.8, 4) is 28.1 Å². The first-order valence-corrected chi connectivity index (χ1v) is 8.40. The number of nitrogens with one attached hydrogen (secondary N) is 1. The zero-order valence-electron chi connectivity index (χ0n) is 14.5. The van der Waals surface area contributed by atoms with E-state index in [4.69, 9.17) is 4.74 Å². The van der Waals surface area contributed by atoms with Crippen LogP contribution in [0.4, 0.5) is 13.2 Å². The second-order valence-corrected chi connectivity index (χ2v) is 6.22. The van der Waals surface area contributed by atoms with Gasteiger partial charge < -0.3 is 9.72 Å². The molecule has 0 unspecified atom stereocenters. The molecule has 0 atom stereocenters. The molecule has 0 aliphatic rings. The Balaban J connectivity index is 1.90. The summed E-state index contributed by atoms with van der Waals surface area (Å²) < 4.78 is 43.9. The Kier molecular flexibility index (Phi) is 4.15. The molecule has 1 heterocycles. The van der Waals surface area contributed by atoms with Crippen LogP contribution in [0, 0.1) is 0 Å². The van der Waals surface area contributed by atoms with Gasteiger partial charge in [0.15, 0.2) is 0 Å². The summed E-state index contributed by atoms with van der Waals surface area (Å²) in [4.78, 5) is 3.35. The molecule has 4 rings (SSSR count). The Morgan fingerprint density at radius 2 is 1.41 bits per heavy atom. The quantitative estimate of drug-likeness (QED) is 0.437. The fourth-order valence-corrected chi connectivity index (χ4v) is 3.24. The number of aromatic amines is 1. The van der Waals surface area contributed by atoms with Gasteiger partial charge in [0.05, 0.1) is 18.4 Å². The number of hydrogen-bond acceptors (Lipinski definition) is 1. The van der Waals surface area contributed by atoms with Crippen LogP contribution in [-0.2, 0) is 6.18 Å². The van der Waals surface area contributed by atoms with Crippen LogP contribution in [0.2, 0.25) is 0 Å². The Morgan fingerprint density at radius 3 is 2.04 bits per heavy atom. The van der Waals surface area contributed by atoms with E-state index < -0.39 is 11.7 Å². The Morgan fingerprint density at radius 1 is 0.778 bits per heavy atom. The lowest BCUT2D eigenvalue weighted by atomic mass is 9.98. The Hall–Kier alpha value is -3.21. The van der Waals surface area contributed by atoms with Gasteiger partial charge in [0.25, 0.3) is 0 Å². The molecule has 0 aliphatic carbocycles. The monoisotopic (exact) mass is 367 g/mol. The van der Waals surface area contributed by atoms with Gasteiger partial charge in [0.1, 0.15) is 5.75 Å². The van der Waals surface area contributed by atoms with Gasteiger partial charge in [-0.25, -0.2) is 0 Å². The average molecular weight is 367 g/mol. The highest BCUT2D eigenvalue weighted by Crippen LogP contribution is 2.39. The van der Waals surface area contributed by atoms with E-state index in [1.807, 2.05) is 48.5 Å². The molecule has 27 heavy (non-hydrogen) atoms. The van der Waals surface area contributed by atoms with Crippen LogP contribution >= 0.6 is 0 Å². The molecule has 0 spiro atoms. The van der Waals surface area contributed by atoms with Gasteiger partial charge in [-0.2, -0.15) is 13.2 Å². The second kappa shape index (κ2) is 6.50. The summed E-state index contributed by atoms with van der Waals surface area (Å²) in [5.74, 6) is 0.745. The molecule has 0 aliphatic heterocycles. The summed E-state index contributed by atoms with van der Waals surface area (Å²) in [7, 11) is 1.61. The standard InChI is InChI=1S/C22H16F3NO/c1-27-17-12-8-14(9-13-17)20-18-4-2-3-5-19(18)26-21(20)15-6-10-16(11-7-15)22(23,24)25/h2-13,26H,1H3. The number of H-pyrrole nitrogens is 1. The Labute approximate surface area is 154 Å². The number of benzene rings is 3. The third-order valence-corrected chi connectivity index (χ3v) is 4.59. The summed E-state index contributed by atoms with van der Waals surface area (Å²) in [6, 6.07) is 20.7. The lowest BCUT2D eigenvalue weighted by Crippen LogP contribution is -2.04. The average Bonchev–Trinajstić information content (AvgIpc) is 3.07. The van der Waals surface area contributed by atoms with Gasteiger partial charge >= 0.3 is 6.18 Å². The number of ether oxygens (including phenoxy) is 1. The van der Waals surface area contributed by atoms with Crippen LogP contribution in [-0.4, -0.2) is 12.1 Å². The topological polar surface area (TPSA) is 25.0 Å². The molecule has 1 N–H and O–H groups in total. The van der Waals surface area contributed by atoms with Crippen molar-refractivity contribution in [3.05, 3.63) is 78.4 Å². The highest BCUT2D eigenvalue weighted by atomic mass is 19.4. The first-order chi connectivity index (χ1) is 13.0. The van der Waals surface area contributed by atoms with E-state index in [2.05, 4.69) is 4.98 Å². The van der Waals surface area contributed by atoms with Gasteiger partial charge in [-0.1, -0.05) is 42.5 Å². The summed E-state index contributed by atoms with van der Waals surface area (Å²) in [6.45, 7) is 0. The zero-order valence-corrected chi connectivity index (χ0v) is 14.5.